The van der Waals surface area contributed by atoms with Crippen LogP contribution in [-0.2, 0) is 6.42 Å². The second-order valence-electron chi connectivity index (χ2n) is 4.03. The average Bonchev–Trinajstić information content (AvgIpc) is 2.33. The molecule has 0 bridgehead atoms. The highest BCUT2D eigenvalue weighted by Gasteiger charge is 2.26. The monoisotopic (exact) mass is 260 g/mol. The largest absolute Gasteiger partial charge is 0.496 e. The maximum Gasteiger partial charge on any atom is 0.389 e. The molecule has 1 aromatic heterocycles. The van der Waals surface area contributed by atoms with E-state index in [0.29, 0.717) is 11.4 Å². The summed E-state index contributed by atoms with van der Waals surface area (Å²) in [4.78, 5) is 4.03. The zero-order valence-corrected chi connectivity index (χ0v) is 10.5. The Morgan fingerprint density at radius 1 is 1.39 bits per heavy atom. The molecule has 1 aromatic rings. The van der Waals surface area contributed by atoms with Gasteiger partial charge in [0.2, 0.25) is 0 Å². The quantitative estimate of drug-likeness (QED) is 0.773. The lowest BCUT2D eigenvalue weighted by molar-refractivity contribution is -0.134. The third-order valence-corrected chi connectivity index (χ3v) is 2.49. The number of pyridine rings is 1. The van der Waals surface area contributed by atoms with E-state index in [1.165, 1.54) is 7.11 Å². The summed E-state index contributed by atoms with van der Waals surface area (Å²) in [5.41, 5.74) is 1.23. The number of hydrogen-bond donors (Lipinski definition) is 0. The molecule has 2 nitrogen and oxygen atoms in total. The average molecular weight is 260 g/mol. The predicted octanol–water partition coefficient (Wildman–Crippen LogP) is 3.94. The van der Waals surface area contributed by atoms with E-state index >= 15 is 0 Å². The van der Waals surface area contributed by atoms with Gasteiger partial charge in [-0.25, -0.2) is 0 Å². The summed E-state index contributed by atoms with van der Waals surface area (Å²) in [6.07, 6.45) is 0.301. The SMILES string of the molecule is CCC[CH]c1cnc(CCC(F)(F)F)cc1OC. The molecule has 0 aromatic carbocycles. The van der Waals surface area contributed by atoms with Gasteiger partial charge in [-0.3, -0.25) is 4.98 Å². The minimum atomic E-state index is -4.15. The van der Waals surface area contributed by atoms with E-state index in [0.717, 1.165) is 18.4 Å². The van der Waals surface area contributed by atoms with Crippen molar-refractivity contribution in [3.8, 4) is 5.75 Å². The summed E-state index contributed by atoms with van der Waals surface area (Å²) < 4.78 is 41.5. The third-order valence-electron chi connectivity index (χ3n) is 2.49. The Balaban J connectivity index is 2.72. The summed E-state index contributed by atoms with van der Waals surface area (Å²) >= 11 is 0. The van der Waals surface area contributed by atoms with Gasteiger partial charge in [0.1, 0.15) is 5.75 Å². The Kier molecular flexibility index (Phi) is 5.44. The Morgan fingerprint density at radius 2 is 2.11 bits per heavy atom. The molecular formula is C13H17F3NO. The molecule has 1 heterocycles. The van der Waals surface area contributed by atoms with Gasteiger partial charge in [0.15, 0.2) is 0 Å². The Morgan fingerprint density at radius 3 is 2.67 bits per heavy atom. The van der Waals surface area contributed by atoms with Crippen LogP contribution in [0, 0.1) is 6.42 Å². The van der Waals surface area contributed by atoms with Crippen molar-refractivity contribution in [3.63, 3.8) is 0 Å². The number of methoxy groups -OCH3 is 1. The molecule has 0 aliphatic heterocycles. The molecule has 5 heteroatoms. The number of aromatic nitrogens is 1. The summed E-state index contributed by atoms with van der Waals surface area (Å²) in [5, 5.41) is 0. The molecule has 0 aliphatic rings. The van der Waals surface area contributed by atoms with Crippen molar-refractivity contribution in [2.75, 3.05) is 7.11 Å². The van der Waals surface area contributed by atoms with Gasteiger partial charge in [0.05, 0.1) is 7.11 Å². The number of ether oxygens (including phenoxy) is 1. The molecule has 0 saturated carbocycles. The molecule has 18 heavy (non-hydrogen) atoms. The molecule has 0 aliphatic carbocycles. The van der Waals surface area contributed by atoms with Gasteiger partial charge in [-0.05, 0) is 19.3 Å². The lowest BCUT2D eigenvalue weighted by Crippen LogP contribution is -2.09. The lowest BCUT2D eigenvalue weighted by Gasteiger charge is -2.10. The van der Waals surface area contributed by atoms with Gasteiger partial charge in [-0.2, -0.15) is 13.2 Å². The number of halogens is 3. The smallest absolute Gasteiger partial charge is 0.389 e. The van der Waals surface area contributed by atoms with Crippen LogP contribution in [-0.4, -0.2) is 18.3 Å². The maximum atomic E-state index is 12.1. The van der Waals surface area contributed by atoms with Crippen LogP contribution in [0.15, 0.2) is 12.3 Å². The first-order valence-corrected chi connectivity index (χ1v) is 5.89. The van der Waals surface area contributed by atoms with E-state index in [2.05, 4.69) is 4.98 Å². The first-order chi connectivity index (χ1) is 8.46. The van der Waals surface area contributed by atoms with Gasteiger partial charge in [0, 0.05) is 29.9 Å². The second kappa shape index (κ2) is 6.61. The second-order valence-corrected chi connectivity index (χ2v) is 4.03. The molecule has 0 saturated heterocycles. The van der Waals surface area contributed by atoms with Gasteiger partial charge in [-0.1, -0.05) is 13.3 Å². The summed E-state index contributed by atoms with van der Waals surface area (Å²) in [6, 6.07) is 1.58. The van der Waals surface area contributed by atoms with Crippen LogP contribution in [0.1, 0.15) is 37.4 Å². The van der Waals surface area contributed by atoms with E-state index in [-0.39, 0.29) is 6.42 Å². The van der Waals surface area contributed by atoms with E-state index in [4.69, 9.17) is 4.74 Å². The molecule has 0 N–H and O–H groups in total. The van der Waals surface area contributed by atoms with Crippen LogP contribution in [0.3, 0.4) is 0 Å². The summed E-state index contributed by atoms with van der Waals surface area (Å²) in [5.74, 6) is 0.579. The zero-order chi connectivity index (χ0) is 13.6. The minimum absolute atomic E-state index is 0.117. The Labute approximate surface area is 105 Å². The normalized spacial score (nSPS) is 11.6. The standard InChI is InChI=1S/C13H17F3NO/c1-3-4-5-10-9-17-11(8-12(10)18-2)6-7-13(14,15)16/h5,8-9H,3-4,6-7H2,1-2H3. The molecule has 0 unspecified atom stereocenters. The van der Waals surface area contributed by atoms with Crippen molar-refractivity contribution in [3.05, 3.63) is 29.9 Å². The van der Waals surface area contributed by atoms with Crippen molar-refractivity contribution in [1.82, 2.24) is 4.98 Å². The van der Waals surface area contributed by atoms with Crippen molar-refractivity contribution >= 4 is 0 Å². The van der Waals surface area contributed by atoms with Crippen LogP contribution in [0.25, 0.3) is 0 Å². The number of nitrogens with zero attached hydrogens (tertiary/aromatic N) is 1. The summed E-state index contributed by atoms with van der Waals surface area (Å²) in [7, 11) is 1.51. The number of rotatable bonds is 6. The Bertz CT molecular complexity index is 377. The van der Waals surface area contributed by atoms with Gasteiger partial charge in [0.25, 0.3) is 0 Å². The van der Waals surface area contributed by atoms with E-state index in [1.54, 1.807) is 12.3 Å². The highest BCUT2D eigenvalue weighted by Crippen LogP contribution is 2.25. The van der Waals surface area contributed by atoms with Gasteiger partial charge in [-0.15, -0.1) is 0 Å². The summed E-state index contributed by atoms with van der Waals surface area (Å²) in [6.45, 7) is 2.05. The Hall–Kier alpha value is -1.26. The number of aryl methyl sites for hydroxylation is 1. The fourth-order valence-corrected chi connectivity index (χ4v) is 1.52. The molecular weight excluding hydrogens is 243 g/mol. The number of hydrogen-bond acceptors (Lipinski definition) is 2. The third kappa shape index (κ3) is 4.94. The molecule has 1 radical (unpaired) electrons. The predicted molar refractivity (Wildman–Crippen MR) is 63.5 cm³/mol. The van der Waals surface area contributed by atoms with Crippen molar-refractivity contribution < 1.29 is 17.9 Å². The molecule has 0 fully saturated rings. The highest BCUT2D eigenvalue weighted by atomic mass is 19.4. The van der Waals surface area contributed by atoms with Gasteiger partial charge < -0.3 is 4.74 Å². The molecule has 1 rings (SSSR count). The fraction of sp³-hybridized carbons (Fsp3) is 0.538. The van der Waals surface area contributed by atoms with Crippen LogP contribution in [0.2, 0.25) is 0 Å². The van der Waals surface area contributed by atoms with Crippen LogP contribution >= 0.6 is 0 Å². The zero-order valence-electron chi connectivity index (χ0n) is 10.5. The van der Waals surface area contributed by atoms with Crippen LogP contribution in [0.5, 0.6) is 5.75 Å². The van der Waals surface area contributed by atoms with Gasteiger partial charge >= 0.3 is 6.18 Å². The lowest BCUT2D eigenvalue weighted by atomic mass is 10.1. The van der Waals surface area contributed by atoms with E-state index < -0.39 is 12.6 Å². The van der Waals surface area contributed by atoms with Crippen molar-refractivity contribution in [2.24, 2.45) is 0 Å². The first kappa shape index (κ1) is 14.8. The topological polar surface area (TPSA) is 22.1 Å². The fourth-order valence-electron chi connectivity index (χ4n) is 1.52. The molecule has 0 spiro atoms. The van der Waals surface area contributed by atoms with Crippen LogP contribution in [0.4, 0.5) is 13.2 Å². The van der Waals surface area contributed by atoms with E-state index in [1.807, 2.05) is 13.3 Å². The van der Waals surface area contributed by atoms with Crippen molar-refractivity contribution in [1.29, 1.82) is 0 Å². The molecule has 101 valence electrons. The minimum Gasteiger partial charge on any atom is -0.496 e. The molecule has 0 atom stereocenters. The maximum absolute atomic E-state index is 12.1. The first-order valence-electron chi connectivity index (χ1n) is 5.89. The number of unbranched alkanes of at least 4 members (excludes halogenated alkanes) is 1. The van der Waals surface area contributed by atoms with Crippen molar-refractivity contribution in [2.45, 2.75) is 38.8 Å². The molecule has 0 amide bonds. The number of alkyl halides is 3. The van der Waals surface area contributed by atoms with Crippen LogP contribution < -0.4 is 4.74 Å². The highest BCUT2D eigenvalue weighted by molar-refractivity contribution is 5.38. The van der Waals surface area contributed by atoms with E-state index in [9.17, 15) is 13.2 Å².